The summed E-state index contributed by atoms with van der Waals surface area (Å²) in [6.07, 6.45) is 13.7. The molecule has 0 radical (unpaired) electrons. The van der Waals surface area contributed by atoms with E-state index in [0.29, 0.717) is 52.4 Å². The van der Waals surface area contributed by atoms with E-state index in [1.807, 2.05) is 0 Å². The van der Waals surface area contributed by atoms with Crippen molar-refractivity contribution in [1.29, 1.82) is 0 Å². The molecule has 3 unspecified atom stereocenters. The molecule has 7 rings (SSSR count). The van der Waals surface area contributed by atoms with Gasteiger partial charge in [-0.3, -0.25) is 9.89 Å². The number of halogens is 2. The van der Waals surface area contributed by atoms with Gasteiger partial charge in [0, 0.05) is 48.4 Å². The predicted molar refractivity (Wildman–Crippen MR) is 172 cm³/mol. The Morgan fingerprint density at radius 1 is 1.24 bits per heavy atom. The van der Waals surface area contributed by atoms with Gasteiger partial charge in [0.05, 0.1) is 28.1 Å². The number of hydrogen-bond acceptors (Lipinski definition) is 8. The highest BCUT2D eigenvalue weighted by atomic mass is 19.1. The average Bonchev–Trinajstić information content (AvgIpc) is 3.71. The molecule has 5 heterocycles. The van der Waals surface area contributed by atoms with Gasteiger partial charge >= 0.3 is 6.01 Å². The minimum Gasteiger partial charge on any atom is -0.508 e. The molecule has 4 saturated heterocycles. The zero-order chi connectivity index (χ0) is 31.3. The quantitative estimate of drug-likeness (QED) is 0.262. The normalized spacial score (nSPS) is 26.1. The van der Waals surface area contributed by atoms with Gasteiger partial charge in [-0.1, -0.05) is 18.6 Å². The Labute approximate surface area is 262 Å². The number of aliphatic imine (C=N–C) groups is 1. The summed E-state index contributed by atoms with van der Waals surface area (Å²) < 4.78 is 35.8. The number of nitrogens with one attached hydrogen (secondary N) is 1. The number of anilines is 1. The Hall–Kier alpha value is -4.07. The molecule has 4 aliphatic rings. The summed E-state index contributed by atoms with van der Waals surface area (Å²) in [5.41, 5.74) is 1.26. The van der Waals surface area contributed by atoms with E-state index < -0.39 is 12.5 Å². The van der Waals surface area contributed by atoms with E-state index in [-0.39, 0.29) is 34.3 Å². The number of hydrogen-bond donors (Lipinski definition) is 2. The molecular formula is C35H38F2N6O2. The van der Waals surface area contributed by atoms with Gasteiger partial charge in [-0.25, -0.2) is 8.78 Å². The van der Waals surface area contributed by atoms with E-state index in [0.717, 1.165) is 58.2 Å². The second kappa shape index (κ2) is 11.7. The highest BCUT2D eigenvalue weighted by Crippen LogP contribution is 2.42. The van der Waals surface area contributed by atoms with Crippen LogP contribution in [0.15, 0.2) is 35.8 Å². The minimum atomic E-state index is -0.839. The van der Waals surface area contributed by atoms with E-state index >= 15 is 0 Å². The van der Waals surface area contributed by atoms with Crippen LogP contribution in [0.1, 0.15) is 67.8 Å². The van der Waals surface area contributed by atoms with E-state index in [1.165, 1.54) is 24.4 Å². The van der Waals surface area contributed by atoms with Crippen molar-refractivity contribution < 1.29 is 18.6 Å². The van der Waals surface area contributed by atoms with Gasteiger partial charge in [-0.15, -0.1) is 6.42 Å². The third-order valence-corrected chi connectivity index (χ3v) is 10.2. The zero-order valence-corrected chi connectivity index (χ0v) is 25.5. The lowest BCUT2D eigenvalue weighted by atomic mass is 9.95. The van der Waals surface area contributed by atoms with Crippen LogP contribution in [0.5, 0.6) is 11.8 Å². The van der Waals surface area contributed by atoms with Crippen LogP contribution in [0.25, 0.3) is 16.5 Å². The number of phenols is 1. The Balaban J connectivity index is 1.25. The molecule has 4 fully saturated rings. The number of nitrogens with zero attached hydrogens (tertiary/aromatic N) is 5. The highest BCUT2D eigenvalue weighted by molar-refractivity contribution is 6.00. The SMILES string of the molecule is C#Cc1c(F)ccc2cc(O)cc(C(=C)/N=C\c3c(CF)nc(OCC45CCCN4[C@@H](C)CC5)nc3N3CC4CCC(C3)N4)c12. The van der Waals surface area contributed by atoms with Gasteiger partial charge in [0.1, 0.15) is 30.7 Å². The molecule has 0 amide bonds. The second-order valence-electron chi connectivity index (χ2n) is 12.9. The van der Waals surface area contributed by atoms with E-state index in [9.17, 15) is 13.9 Å². The van der Waals surface area contributed by atoms with Gasteiger partial charge in [0.2, 0.25) is 0 Å². The van der Waals surface area contributed by atoms with Crippen LogP contribution in [0.3, 0.4) is 0 Å². The molecule has 1 aromatic heterocycles. The molecule has 4 aliphatic heterocycles. The number of terminal acetylenes is 1. The zero-order valence-electron chi connectivity index (χ0n) is 25.5. The van der Waals surface area contributed by atoms with E-state index in [2.05, 4.69) is 44.5 Å². The van der Waals surface area contributed by atoms with Gasteiger partial charge in [0.25, 0.3) is 0 Å². The molecule has 2 bridgehead atoms. The van der Waals surface area contributed by atoms with Crippen LogP contribution in [-0.2, 0) is 6.67 Å². The molecule has 0 saturated carbocycles. The molecule has 0 spiro atoms. The molecule has 2 N–H and O–H groups in total. The molecule has 10 heteroatoms. The molecule has 45 heavy (non-hydrogen) atoms. The molecular weight excluding hydrogens is 574 g/mol. The lowest BCUT2D eigenvalue weighted by Crippen LogP contribution is -2.51. The summed E-state index contributed by atoms with van der Waals surface area (Å²) in [5, 5.41) is 15.0. The van der Waals surface area contributed by atoms with Crippen molar-refractivity contribution >= 4 is 28.5 Å². The summed E-state index contributed by atoms with van der Waals surface area (Å²) in [5.74, 6) is 2.39. The summed E-state index contributed by atoms with van der Waals surface area (Å²) in [4.78, 5) is 18.8. The standard InChI is InChI=1S/C35H38F2N6O2/c1-4-27-30(37)9-6-23-14-26(44)15-28(32(23)27)22(3)38-17-29-31(16-36)40-34(41-33(29)42-18-24-7-8-25(19-42)39-24)45-20-35-11-5-13-43(35)21(2)10-12-35/h1,6,9,14-15,17,21,24-25,39,44H,3,5,7-8,10-13,16,18-20H2,2H3/b38-17-/t21-,24?,25?,35?/m0/s1. The lowest BCUT2D eigenvalue weighted by molar-refractivity contribution is 0.0884. The fourth-order valence-corrected chi connectivity index (χ4v) is 7.97. The molecule has 4 atom stereocenters. The van der Waals surface area contributed by atoms with E-state index in [4.69, 9.17) is 16.1 Å². The Morgan fingerprint density at radius 2 is 2.04 bits per heavy atom. The van der Waals surface area contributed by atoms with Gasteiger partial charge < -0.3 is 20.1 Å². The van der Waals surface area contributed by atoms with Crippen LogP contribution in [0, 0.1) is 18.2 Å². The lowest BCUT2D eigenvalue weighted by Gasteiger charge is -2.35. The van der Waals surface area contributed by atoms with Crippen LogP contribution < -0.4 is 15.0 Å². The summed E-state index contributed by atoms with van der Waals surface area (Å²) in [7, 11) is 0. The monoisotopic (exact) mass is 612 g/mol. The number of aromatic nitrogens is 2. The summed E-state index contributed by atoms with van der Waals surface area (Å²) >= 11 is 0. The van der Waals surface area contributed by atoms with Crippen LogP contribution in [0.2, 0.25) is 0 Å². The fraction of sp³-hybridized carbons (Fsp3) is 0.457. The van der Waals surface area contributed by atoms with Crippen molar-refractivity contribution in [2.75, 3.05) is 31.1 Å². The predicted octanol–water partition coefficient (Wildman–Crippen LogP) is 5.35. The number of rotatable bonds is 8. The van der Waals surface area contributed by atoms with Crippen molar-refractivity contribution in [1.82, 2.24) is 20.2 Å². The van der Waals surface area contributed by atoms with Crippen molar-refractivity contribution in [2.45, 2.75) is 75.8 Å². The molecule has 0 aliphatic carbocycles. The highest BCUT2D eigenvalue weighted by Gasteiger charge is 2.48. The first kappa shape index (κ1) is 29.6. The van der Waals surface area contributed by atoms with Crippen molar-refractivity contribution in [2.24, 2.45) is 4.99 Å². The maximum Gasteiger partial charge on any atom is 0.318 e. The third-order valence-electron chi connectivity index (χ3n) is 10.2. The Kier molecular flexibility index (Phi) is 7.70. The molecule has 3 aromatic rings. The Morgan fingerprint density at radius 3 is 2.80 bits per heavy atom. The number of benzene rings is 2. The minimum absolute atomic E-state index is 0.0222. The number of fused-ring (bicyclic) bond motifs is 4. The first-order valence-corrected chi connectivity index (χ1v) is 15.8. The fourth-order valence-electron chi connectivity index (χ4n) is 7.97. The smallest absolute Gasteiger partial charge is 0.318 e. The maximum absolute atomic E-state index is 14.8. The molecule has 2 aromatic carbocycles. The number of aromatic hydroxyl groups is 1. The van der Waals surface area contributed by atoms with E-state index in [1.54, 1.807) is 6.07 Å². The van der Waals surface area contributed by atoms with Crippen molar-refractivity contribution in [3.63, 3.8) is 0 Å². The largest absolute Gasteiger partial charge is 0.508 e. The average molecular weight is 613 g/mol. The summed E-state index contributed by atoms with van der Waals surface area (Å²) in [6.45, 7) is 8.52. The first-order valence-electron chi connectivity index (χ1n) is 15.8. The Bertz CT molecular complexity index is 1730. The topological polar surface area (TPSA) is 86.1 Å². The first-order chi connectivity index (χ1) is 21.8. The van der Waals surface area contributed by atoms with Crippen molar-refractivity contribution in [3.05, 3.63) is 59.0 Å². The van der Waals surface area contributed by atoms with Gasteiger partial charge in [0.15, 0.2) is 0 Å². The second-order valence-corrected chi connectivity index (χ2v) is 12.9. The third kappa shape index (κ3) is 5.32. The van der Waals surface area contributed by atoms with Gasteiger partial charge in [-0.05, 0) is 75.6 Å². The van der Waals surface area contributed by atoms with Crippen LogP contribution in [-0.4, -0.2) is 76.1 Å². The molecule has 8 nitrogen and oxygen atoms in total. The van der Waals surface area contributed by atoms with Gasteiger partial charge in [-0.2, -0.15) is 9.97 Å². The number of ether oxygens (including phenoxy) is 1. The number of phenolic OH excluding ortho intramolecular Hbond substituents is 1. The van der Waals surface area contributed by atoms with Crippen LogP contribution >= 0.6 is 0 Å². The number of piperazine rings is 1. The van der Waals surface area contributed by atoms with Crippen molar-refractivity contribution in [3.8, 4) is 24.1 Å². The van der Waals surface area contributed by atoms with Crippen LogP contribution in [0.4, 0.5) is 14.6 Å². The maximum atomic E-state index is 14.8. The summed E-state index contributed by atoms with van der Waals surface area (Å²) in [6, 6.07) is 7.12. The number of alkyl halides is 1. The molecule has 234 valence electrons.